The Morgan fingerprint density at radius 1 is 1.24 bits per heavy atom. The Kier molecular flexibility index (Phi) is 3.62. The van der Waals surface area contributed by atoms with Crippen molar-refractivity contribution in [1.29, 1.82) is 0 Å². The SMILES string of the molecule is C[C@@H](O)c1ccc2ccccc2c1OCc1cnn(C)c1. The number of hydrogen-bond acceptors (Lipinski definition) is 3. The van der Waals surface area contributed by atoms with Crippen LogP contribution < -0.4 is 4.74 Å². The van der Waals surface area contributed by atoms with Gasteiger partial charge in [0.05, 0.1) is 12.3 Å². The van der Waals surface area contributed by atoms with E-state index < -0.39 is 6.10 Å². The van der Waals surface area contributed by atoms with Crippen molar-refractivity contribution >= 4 is 10.8 Å². The number of rotatable bonds is 4. The fourth-order valence-corrected chi connectivity index (χ4v) is 2.45. The van der Waals surface area contributed by atoms with Gasteiger partial charge in [-0.05, 0) is 12.3 Å². The first-order valence-electron chi connectivity index (χ1n) is 6.95. The fourth-order valence-electron chi connectivity index (χ4n) is 2.45. The van der Waals surface area contributed by atoms with Crippen molar-refractivity contribution < 1.29 is 9.84 Å². The summed E-state index contributed by atoms with van der Waals surface area (Å²) in [6.07, 6.45) is 3.14. The van der Waals surface area contributed by atoms with E-state index in [4.69, 9.17) is 4.74 Å². The molecule has 1 aromatic heterocycles. The van der Waals surface area contributed by atoms with Gasteiger partial charge in [0.25, 0.3) is 0 Å². The van der Waals surface area contributed by atoms with Gasteiger partial charge in [-0.3, -0.25) is 4.68 Å². The Hall–Kier alpha value is -2.33. The van der Waals surface area contributed by atoms with Crippen LogP contribution in [-0.4, -0.2) is 14.9 Å². The Morgan fingerprint density at radius 3 is 2.76 bits per heavy atom. The molecule has 0 aliphatic carbocycles. The van der Waals surface area contributed by atoms with Crippen LogP contribution in [0.15, 0.2) is 48.8 Å². The van der Waals surface area contributed by atoms with Crippen LogP contribution in [0.25, 0.3) is 10.8 Å². The third kappa shape index (κ3) is 2.76. The van der Waals surface area contributed by atoms with Crippen LogP contribution >= 0.6 is 0 Å². The van der Waals surface area contributed by atoms with Gasteiger partial charge in [-0.1, -0.05) is 36.4 Å². The number of fused-ring (bicyclic) bond motifs is 1. The van der Waals surface area contributed by atoms with Crippen LogP contribution in [0.1, 0.15) is 24.2 Å². The zero-order valence-electron chi connectivity index (χ0n) is 12.2. The monoisotopic (exact) mass is 282 g/mol. The van der Waals surface area contributed by atoms with Gasteiger partial charge in [-0.2, -0.15) is 5.10 Å². The summed E-state index contributed by atoms with van der Waals surface area (Å²) in [5, 5.41) is 16.2. The molecule has 1 heterocycles. The molecule has 0 aliphatic heterocycles. The quantitative estimate of drug-likeness (QED) is 0.799. The van der Waals surface area contributed by atoms with Gasteiger partial charge < -0.3 is 9.84 Å². The summed E-state index contributed by atoms with van der Waals surface area (Å²) < 4.78 is 7.75. The third-order valence-corrected chi connectivity index (χ3v) is 3.50. The zero-order valence-corrected chi connectivity index (χ0v) is 12.2. The summed E-state index contributed by atoms with van der Waals surface area (Å²) in [6.45, 7) is 2.18. The average Bonchev–Trinajstić information content (AvgIpc) is 2.90. The second-order valence-corrected chi connectivity index (χ2v) is 5.19. The van der Waals surface area contributed by atoms with Crippen LogP contribution in [-0.2, 0) is 13.7 Å². The molecule has 1 N–H and O–H groups in total. The van der Waals surface area contributed by atoms with Crippen molar-refractivity contribution in [3.05, 3.63) is 59.9 Å². The maximum Gasteiger partial charge on any atom is 0.133 e. The molecule has 21 heavy (non-hydrogen) atoms. The highest BCUT2D eigenvalue weighted by molar-refractivity contribution is 5.89. The van der Waals surface area contributed by atoms with E-state index in [0.29, 0.717) is 6.61 Å². The lowest BCUT2D eigenvalue weighted by Gasteiger charge is -2.15. The number of nitrogens with zero attached hydrogens (tertiary/aromatic N) is 2. The van der Waals surface area contributed by atoms with Crippen molar-refractivity contribution in [1.82, 2.24) is 9.78 Å². The van der Waals surface area contributed by atoms with E-state index in [1.54, 1.807) is 17.8 Å². The summed E-state index contributed by atoms with van der Waals surface area (Å²) in [7, 11) is 1.88. The first-order chi connectivity index (χ1) is 10.1. The van der Waals surface area contributed by atoms with Gasteiger partial charge in [-0.15, -0.1) is 0 Å². The molecule has 0 fully saturated rings. The van der Waals surface area contributed by atoms with Crippen molar-refractivity contribution in [3.8, 4) is 5.75 Å². The lowest BCUT2D eigenvalue weighted by atomic mass is 10.0. The molecule has 0 saturated carbocycles. The van der Waals surface area contributed by atoms with E-state index in [2.05, 4.69) is 5.10 Å². The second-order valence-electron chi connectivity index (χ2n) is 5.19. The van der Waals surface area contributed by atoms with E-state index >= 15 is 0 Å². The molecule has 0 unspecified atom stereocenters. The maximum absolute atomic E-state index is 9.97. The van der Waals surface area contributed by atoms with Gasteiger partial charge in [0.15, 0.2) is 0 Å². The van der Waals surface area contributed by atoms with Gasteiger partial charge in [0.1, 0.15) is 12.4 Å². The van der Waals surface area contributed by atoms with E-state index in [-0.39, 0.29) is 0 Å². The lowest BCUT2D eigenvalue weighted by Crippen LogP contribution is -2.01. The highest BCUT2D eigenvalue weighted by atomic mass is 16.5. The highest BCUT2D eigenvalue weighted by Crippen LogP contribution is 2.34. The third-order valence-electron chi connectivity index (χ3n) is 3.50. The predicted octanol–water partition coefficient (Wildman–Crippen LogP) is 3.21. The van der Waals surface area contributed by atoms with Crippen LogP contribution in [0.2, 0.25) is 0 Å². The Morgan fingerprint density at radius 2 is 2.05 bits per heavy atom. The highest BCUT2D eigenvalue weighted by Gasteiger charge is 2.13. The average molecular weight is 282 g/mol. The van der Waals surface area contributed by atoms with E-state index in [9.17, 15) is 5.11 Å². The van der Waals surface area contributed by atoms with E-state index in [1.807, 2.05) is 49.6 Å². The fraction of sp³-hybridized carbons (Fsp3) is 0.235. The topological polar surface area (TPSA) is 47.3 Å². The van der Waals surface area contributed by atoms with E-state index in [0.717, 1.165) is 27.6 Å². The molecule has 0 aliphatic rings. The molecule has 3 aromatic rings. The Balaban J connectivity index is 1.99. The number of hydrogen-bond donors (Lipinski definition) is 1. The minimum atomic E-state index is -0.571. The molecule has 4 nitrogen and oxygen atoms in total. The molecule has 0 radical (unpaired) electrons. The standard InChI is InChI=1S/C17H18N2O2/c1-12(20)15-8-7-14-5-3-4-6-16(14)17(15)21-11-13-9-18-19(2)10-13/h3-10,12,20H,11H2,1-2H3/t12-/m1/s1. The van der Waals surface area contributed by atoms with Crippen molar-refractivity contribution in [2.75, 3.05) is 0 Å². The molecule has 0 bridgehead atoms. The number of aliphatic hydroxyl groups excluding tert-OH is 1. The molecule has 108 valence electrons. The van der Waals surface area contributed by atoms with Crippen molar-refractivity contribution in [2.24, 2.45) is 7.05 Å². The molecule has 0 spiro atoms. The normalized spacial score (nSPS) is 12.5. The number of aliphatic hydroxyl groups is 1. The minimum Gasteiger partial charge on any atom is -0.488 e. The molecule has 4 heteroatoms. The van der Waals surface area contributed by atoms with Crippen molar-refractivity contribution in [3.63, 3.8) is 0 Å². The first kappa shape index (κ1) is 13.6. The Labute approximate surface area is 123 Å². The molecular formula is C17H18N2O2. The predicted molar refractivity (Wildman–Crippen MR) is 82.1 cm³/mol. The minimum absolute atomic E-state index is 0.432. The summed E-state index contributed by atoms with van der Waals surface area (Å²) in [5.74, 6) is 0.743. The molecule has 0 amide bonds. The number of aryl methyl sites for hydroxylation is 1. The smallest absolute Gasteiger partial charge is 0.133 e. The van der Waals surface area contributed by atoms with Gasteiger partial charge >= 0.3 is 0 Å². The molecule has 3 rings (SSSR count). The summed E-state index contributed by atoms with van der Waals surface area (Å²) in [5.41, 5.74) is 1.81. The molecule has 2 aromatic carbocycles. The number of ether oxygens (including phenoxy) is 1. The van der Waals surface area contributed by atoms with Gasteiger partial charge in [0, 0.05) is 29.8 Å². The maximum atomic E-state index is 9.97. The first-order valence-corrected chi connectivity index (χ1v) is 6.95. The van der Waals surface area contributed by atoms with Crippen LogP contribution in [0.5, 0.6) is 5.75 Å². The van der Waals surface area contributed by atoms with Crippen LogP contribution in [0.3, 0.4) is 0 Å². The number of aromatic nitrogens is 2. The van der Waals surface area contributed by atoms with Crippen molar-refractivity contribution in [2.45, 2.75) is 19.6 Å². The molecular weight excluding hydrogens is 264 g/mol. The summed E-state index contributed by atoms with van der Waals surface area (Å²) >= 11 is 0. The Bertz CT molecular complexity index is 762. The lowest BCUT2D eigenvalue weighted by molar-refractivity contribution is 0.191. The largest absolute Gasteiger partial charge is 0.488 e. The van der Waals surface area contributed by atoms with Crippen LogP contribution in [0, 0.1) is 0 Å². The van der Waals surface area contributed by atoms with E-state index in [1.165, 1.54) is 0 Å². The van der Waals surface area contributed by atoms with Crippen LogP contribution in [0.4, 0.5) is 0 Å². The zero-order chi connectivity index (χ0) is 14.8. The number of benzene rings is 2. The summed E-state index contributed by atoms with van der Waals surface area (Å²) in [4.78, 5) is 0. The van der Waals surface area contributed by atoms with Gasteiger partial charge in [0.2, 0.25) is 0 Å². The van der Waals surface area contributed by atoms with Gasteiger partial charge in [-0.25, -0.2) is 0 Å². The molecule has 0 saturated heterocycles. The molecule has 1 atom stereocenters. The summed E-state index contributed by atoms with van der Waals surface area (Å²) in [6, 6.07) is 12.0. The second kappa shape index (κ2) is 5.58.